The second kappa shape index (κ2) is 12.7. The Balaban J connectivity index is 0.965. The van der Waals surface area contributed by atoms with Crippen molar-refractivity contribution in [2.75, 3.05) is 60.9 Å². The van der Waals surface area contributed by atoms with Crippen LogP contribution in [-0.2, 0) is 14.3 Å². The first-order valence-corrected chi connectivity index (χ1v) is 16.1. The van der Waals surface area contributed by atoms with Crippen LogP contribution in [0.4, 0.5) is 21.9 Å². The minimum Gasteiger partial charge on any atom is -0.444 e. The quantitative estimate of drug-likeness (QED) is 0.461. The number of nitrogens with one attached hydrogen (secondary N) is 2. The van der Waals surface area contributed by atoms with Crippen LogP contribution < -0.4 is 20.4 Å². The van der Waals surface area contributed by atoms with E-state index in [1.807, 2.05) is 51.1 Å². The number of piperidine rings is 2. The number of anilines is 3. The highest BCUT2D eigenvalue weighted by Gasteiger charge is 2.44. The smallest absolute Gasteiger partial charge is 0.412 e. The molecule has 1 atom stereocenters. The zero-order valence-electron chi connectivity index (χ0n) is 26.7. The summed E-state index contributed by atoms with van der Waals surface area (Å²) in [6.45, 7) is 12.2. The van der Waals surface area contributed by atoms with Gasteiger partial charge in [-0.25, -0.2) is 4.79 Å². The minimum atomic E-state index is -0.958. The maximum absolute atomic E-state index is 13.2. The Bertz CT molecular complexity index is 1520. The van der Waals surface area contributed by atoms with Crippen molar-refractivity contribution in [2.24, 2.45) is 5.92 Å². The van der Waals surface area contributed by atoms with Crippen LogP contribution in [-0.4, -0.2) is 97.0 Å². The van der Waals surface area contributed by atoms with Crippen LogP contribution in [0.1, 0.15) is 67.2 Å². The van der Waals surface area contributed by atoms with Gasteiger partial charge in [-0.1, -0.05) is 0 Å². The van der Waals surface area contributed by atoms with Crippen molar-refractivity contribution in [1.82, 2.24) is 15.1 Å². The highest BCUT2D eigenvalue weighted by atomic mass is 16.6. The van der Waals surface area contributed by atoms with Crippen LogP contribution in [0.25, 0.3) is 0 Å². The molecular weight excluding hydrogens is 588 g/mol. The molecule has 4 heterocycles. The van der Waals surface area contributed by atoms with Crippen LogP contribution in [0.3, 0.4) is 0 Å². The number of imide groups is 2. The molecule has 0 saturated carbocycles. The lowest BCUT2D eigenvalue weighted by molar-refractivity contribution is -0.136. The van der Waals surface area contributed by atoms with Gasteiger partial charge in [-0.2, -0.15) is 0 Å². The van der Waals surface area contributed by atoms with Gasteiger partial charge in [-0.15, -0.1) is 0 Å². The Morgan fingerprint density at radius 1 is 0.826 bits per heavy atom. The first-order valence-electron chi connectivity index (χ1n) is 16.1. The van der Waals surface area contributed by atoms with E-state index in [0.717, 1.165) is 74.9 Å². The van der Waals surface area contributed by atoms with E-state index in [0.29, 0.717) is 22.7 Å². The number of carbonyl (C=O) groups is 5. The van der Waals surface area contributed by atoms with Gasteiger partial charge < -0.3 is 14.5 Å². The van der Waals surface area contributed by atoms with Crippen molar-refractivity contribution < 1.29 is 28.7 Å². The molecule has 244 valence electrons. The number of ether oxygens (including phenoxy) is 1. The summed E-state index contributed by atoms with van der Waals surface area (Å²) in [6, 6.07) is 12.3. The summed E-state index contributed by atoms with van der Waals surface area (Å²) >= 11 is 0. The third-order valence-electron chi connectivity index (χ3n) is 9.17. The van der Waals surface area contributed by atoms with Gasteiger partial charge in [0.05, 0.1) is 11.1 Å². The number of piperazine rings is 1. The number of hydrogen-bond donors (Lipinski definition) is 2. The summed E-state index contributed by atoms with van der Waals surface area (Å²) in [4.78, 5) is 70.5. The molecule has 3 saturated heterocycles. The first kappa shape index (κ1) is 31.5. The van der Waals surface area contributed by atoms with Gasteiger partial charge >= 0.3 is 6.09 Å². The fourth-order valence-corrected chi connectivity index (χ4v) is 6.76. The van der Waals surface area contributed by atoms with Gasteiger partial charge in [0.15, 0.2) is 0 Å². The maximum atomic E-state index is 13.2. The van der Waals surface area contributed by atoms with Gasteiger partial charge in [-0.3, -0.25) is 39.6 Å². The molecule has 2 aromatic rings. The van der Waals surface area contributed by atoms with Gasteiger partial charge in [0, 0.05) is 69.3 Å². The first-order chi connectivity index (χ1) is 21.9. The van der Waals surface area contributed by atoms with Crippen molar-refractivity contribution in [3.05, 3.63) is 53.6 Å². The Morgan fingerprint density at radius 2 is 1.46 bits per heavy atom. The molecule has 12 nitrogen and oxygen atoms in total. The molecule has 12 heteroatoms. The lowest BCUT2D eigenvalue weighted by atomic mass is 9.95. The van der Waals surface area contributed by atoms with Crippen molar-refractivity contribution in [3.8, 4) is 0 Å². The fraction of sp³-hybridized carbons (Fsp3) is 0.500. The zero-order chi connectivity index (χ0) is 32.6. The van der Waals surface area contributed by atoms with E-state index in [1.165, 1.54) is 0 Å². The second-order valence-corrected chi connectivity index (χ2v) is 13.6. The molecule has 46 heavy (non-hydrogen) atoms. The molecule has 6 rings (SSSR count). The molecule has 0 radical (unpaired) electrons. The van der Waals surface area contributed by atoms with Crippen molar-refractivity contribution in [2.45, 2.75) is 58.1 Å². The highest BCUT2D eigenvalue weighted by molar-refractivity contribution is 6.23. The van der Waals surface area contributed by atoms with Gasteiger partial charge in [-0.05, 0) is 88.4 Å². The average molecular weight is 631 g/mol. The lowest BCUT2D eigenvalue weighted by Gasteiger charge is -2.40. The summed E-state index contributed by atoms with van der Waals surface area (Å²) < 4.78 is 5.33. The van der Waals surface area contributed by atoms with Crippen LogP contribution in [0, 0.1) is 5.92 Å². The lowest BCUT2D eigenvalue weighted by Crippen LogP contribution is -2.54. The molecule has 4 aliphatic rings. The highest BCUT2D eigenvalue weighted by Crippen LogP contribution is 2.32. The van der Waals surface area contributed by atoms with Crippen LogP contribution >= 0.6 is 0 Å². The van der Waals surface area contributed by atoms with Crippen LogP contribution in [0.5, 0.6) is 0 Å². The predicted octanol–water partition coefficient (Wildman–Crippen LogP) is 3.47. The van der Waals surface area contributed by atoms with Crippen molar-refractivity contribution in [3.63, 3.8) is 0 Å². The molecule has 0 aliphatic carbocycles. The molecule has 5 amide bonds. The number of carbonyl (C=O) groups excluding carboxylic acids is 5. The van der Waals surface area contributed by atoms with Crippen LogP contribution in [0.15, 0.2) is 42.5 Å². The topological polar surface area (TPSA) is 132 Å². The van der Waals surface area contributed by atoms with Crippen molar-refractivity contribution >= 4 is 46.8 Å². The molecule has 0 aromatic heterocycles. The molecule has 4 aliphatic heterocycles. The number of rotatable bonds is 6. The molecule has 0 spiro atoms. The summed E-state index contributed by atoms with van der Waals surface area (Å²) in [7, 11) is 0. The zero-order valence-corrected chi connectivity index (χ0v) is 26.7. The minimum absolute atomic E-state index is 0.101. The Hall–Kier alpha value is -4.45. The molecule has 1 unspecified atom stereocenters. The summed E-state index contributed by atoms with van der Waals surface area (Å²) in [5.74, 6) is -1.35. The number of amides is 5. The third kappa shape index (κ3) is 6.86. The van der Waals surface area contributed by atoms with E-state index in [4.69, 9.17) is 4.74 Å². The maximum Gasteiger partial charge on any atom is 0.412 e. The van der Waals surface area contributed by atoms with E-state index in [2.05, 4.69) is 25.3 Å². The monoisotopic (exact) mass is 630 g/mol. The standard InChI is InChI=1S/C34H42N6O6/c1-34(2,3)46-33(45)35-23-4-6-24(7-5-23)39-18-16-37(17-19-39)21-22-12-14-38(15-13-22)25-8-9-26-27(20-25)32(44)40(31(26)43)28-10-11-29(41)36-30(28)42/h4-9,20,22,28H,10-19,21H2,1-3H3,(H,35,45)(H,36,41,42). The Kier molecular flexibility index (Phi) is 8.73. The average Bonchev–Trinajstić information content (AvgIpc) is 3.26. The normalized spacial score (nSPS) is 21.4. The molecule has 3 fully saturated rings. The van der Waals surface area contributed by atoms with Crippen molar-refractivity contribution in [1.29, 1.82) is 0 Å². The third-order valence-corrected chi connectivity index (χ3v) is 9.17. The van der Waals surface area contributed by atoms with E-state index in [9.17, 15) is 24.0 Å². The van der Waals surface area contributed by atoms with Gasteiger partial charge in [0.1, 0.15) is 11.6 Å². The molecule has 0 bridgehead atoms. The second-order valence-electron chi connectivity index (χ2n) is 13.6. The predicted molar refractivity (Wildman–Crippen MR) is 173 cm³/mol. The molecular formula is C34H42N6O6. The number of fused-ring (bicyclic) bond motifs is 1. The van der Waals surface area contributed by atoms with Gasteiger partial charge in [0.2, 0.25) is 11.8 Å². The van der Waals surface area contributed by atoms with Crippen LogP contribution in [0.2, 0.25) is 0 Å². The van der Waals surface area contributed by atoms with E-state index in [-0.39, 0.29) is 18.7 Å². The number of benzene rings is 2. The molecule has 2 N–H and O–H groups in total. The summed E-state index contributed by atoms with van der Waals surface area (Å²) in [6.07, 6.45) is 1.87. The largest absolute Gasteiger partial charge is 0.444 e. The Morgan fingerprint density at radius 3 is 2.11 bits per heavy atom. The SMILES string of the molecule is CC(C)(C)OC(=O)Nc1ccc(N2CCN(CC3CCN(c4ccc5c(c4)C(=O)N(C4CCC(=O)NC4=O)C5=O)CC3)CC2)cc1. The summed E-state index contributed by atoms with van der Waals surface area (Å²) in [5, 5.41) is 5.02. The van der Waals surface area contributed by atoms with E-state index in [1.54, 1.807) is 12.1 Å². The molecule has 2 aromatic carbocycles. The number of nitrogens with zero attached hydrogens (tertiary/aromatic N) is 4. The van der Waals surface area contributed by atoms with E-state index < -0.39 is 35.5 Å². The number of hydrogen-bond acceptors (Lipinski definition) is 9. The Labute approximate surface area is 269 Å². The summed E-state index contributed by atoms with van der Waals surface area (Å²) in [5.41, 5.74) is 2.83. The fourth-order valence-electron chi connectivity index (χ4n) is 6.76. The van der Waals surface area contributed by atoms with E-state index >= 15 is 0 Å². The van der Waals surface area contributed by atoms with Gasteiger partial charge in [0.25, 0.3) is 11.8 Å².